The van der Waals surface area contributed by atoms with Crippen LogP contribution in [-0.2, 0) is 11.0 Å². The molecule has 1 aromatic carbocycles. The van der Waals surface area contributed by atoms with Gasteiger partial charge >= 0.3 is 6.18 Å². The average molecular weight is 430 g/mol. The smallest absolute Gasteiger partial charge is 0.382 e. The van der Waals surface area contributed by atoms with E-state index in [1.54, 1.807) is 0 Å². The summed E-state index contributed by atoms with van der Waals surface area (Å²) in [7, 11) is 0. The minimum atomic E-state index is -4.69. The summed E-state index contributed by atoms with van der Waals surface area (Å²) in [6, 6.07) is 3.51. The number of hydrogen-bond acceptors (Lipinski definition) is 3. The van der Waals surface area contributed by atoms with Crippen LogP contribution in [0.2, 0.25) is 0 Å². The highest BCUT2D eigenvalue weighted by molar-refractivity contribution is 5.79. The fourth-order valence-corrected chi connectivity index (χ4v) is 4.45. The maximum atomic E-state index is 13.8. The number of nitrogens with zero attached hydrogens (tertiary/aromatic N) is 2. The molecule has 8 heteroatoms. The van der Waals surface area contributed by atoms with Crippen LogP contribution in [0.25, 0.3) is 0 Å². The molecule has 0 aromatic heterocycles. The molecule has 1 heterocycles. The van der Waals surface area contributed by atoms with Crippen LogP contribution in [0.3, 0.4) is 0 Å². The summed E-state index contributed by atoms with van der Waals surface area (Å²) in [4.78, 5) is 17.3. The number of hydrogen-bond donors (Lipinski definition) is 1. The summed E-state index contributed by atoms with van der Waals surface area (Å²) in [6.07, 6.45) is -0.622. The van der Waals surface area contributed by atoms with Crippen molar-refractivity contribution in [3.8, 4) is 0 Å². The Morgan fingerprint density at radius 1 is 1.13 bits per heavy atom. The first-order valence-corrected chi connectivity index (χ1v) is 10.8. The lowest BCUT2D eigenvalue weighted by Gasteiger charge is -2.40. The molecule has 2 fully saturated rings. The molecule has 3 rings (SSSR count). The van der Waals surface area contributed by atoms with Crippen molar-refractivity contribution in [1.29, 1.82) is 0 Å². The molecular formula is C22H31F4N3O. The molecule has 1 saturated heterocycles. The van der Waals surface area contributed by atoms with Gasteiger partial charge in [0.1, 0.15) is 5.82 Å². The van der Waals surface area contributed by atoms with Crippen molar-refractivity contribution in [2.75, 3.05) is 31.5 Å². The van der Waals surface area contributed by atoms with Gasteiger partial charge in [-0.25, -0.2) is 4.39 Å². The summed E-state index contributed by atoms with van der Waals surface area (Å²) in [5.74, 6) is -1.05. The summed E-state index contributed by atoms with van der Waals surface area (Å²) in [5, 5.41) is 3.13. The molecule has 30 heavy (non-hydrogen) atoms. The minimum Gasteiger partial charge on any atom is -0.382 e. The highest BCUT2D eigenvalue weighted by atomic mass is 19.4. The van der Waals surface area contributed by atoms with Crippen molar-refractivity contribution in [2.24, 2.45) is 5.92 Å². The van der Waals surface area contributed by atoms with Crippen molar-refractivity contribution in [3.05, 3.63) is 29.6 Å². The molecule has 1 N–H and O–H groups in total. The Morgan fingerprint density at radius 2 is 1.77 bits per heavy atom. The van der Waals surface area contributed by atoms with Gasteiger partial charge < -0.3 is 10.2 Å². The van der Waals surface area contributed by atoms with E-state index in [0.717, 1.165) is 70.4 Å². The Labute approximate surface area is 175 Å². The highest BCUT2D eigenvalue weighted by Gasteiger charge is 2.34. The van der Waals surface area contributed by atoms with Crippen LogP contribution >= 0.6 is 0 Å². The Bertz CT molecular complexity index is 724. The molecule has 1 atom stereocenters. The zero-order chi connectivity index (χ0) is 21.9. The molecule has 4 nitrogen and oxygen atoms in total. The van der Waals surface area contributed by atoms with Crippen molar-refractivity contribution in [1.82, 2.24) is 9.80 Å². The van der Waals surface area contributed by atoms with Gasteiger partial charge in [0, 0.05) is 49.9 Å². The summed E-state index contributed by atoms with van der Waals surface area (Å²) >= 11 is 0. The molecular weight excluding hydrogens is 398 g/mol. The Morgan fingerprint density at radius 3 is 2.30 bits per heavy atom. The van der Waals surface area contributed by atoms with E-state index in [4.69, 9.17) is 0 Å². The lowest BCUT2D eigenvalue weighted by Crippen LogP contribution is -2.52. The number of nitrogens with one attached hydrogen (secondary N) is 1. The quantitative estimate of drug-likeness (QED) is 0.686. The van der Waals surface area contributed by atoms with Crippen LogP contribution in [-0.4, -0.2) is 54.0 Å². The van der Waals surface area contributed by atoms with Crippen molar-refractivity contribution in [3.63, 3.8) is 0 Å². The van der Waals surface area contributed by atoms with E-state index in [9.17, 15) is 22.4 Å². The van der Waals surface area contributed by atoms with Gasteiger partial charge in [-0.1, -0.05) is 6.92 Å². The molecule has 1 aliphatic heterocycles. The van der Waals surface area contributed by atoms with Gasteiger partial charge in [0.15, 0.2) is 0 Å². The van der Waals surface area contributed by atoms with Crippen LogP contribution in [0.15, 0.2) is 18.2 Å². The number of halogens is 4. The van der Waals surface area contributed by atoms with E-state index in [2.05, 4.69) is 24.1 Å². The Hall–Kier alpha value is -1.83. The number of carbonyl (C=O) groups is 1. The number of alkyl halides is 3. The predicted octanol–water partition coefficient (Wildman–Crippen LogP) is 4.76. The predicted molar refractivity (Wildman–Crippen MR) is 109 cm³/mol. The molecule has 1 saturated carbocycles. The van der Waals surface area contributed by atoms with Crippen molar-refractivity contribution >= 4 is 11.6 Å². The van der Waals surface area contributed by atoms with Crippen molar-refractivity contribution in [2.45, 2.75) is 64.2 Å². The molecule has 1 aromatic rings. The second-order valence-electron chi connectivity index (χ2n) is 8.50. The first-order chi connectivity index (χ1) is 14.2. The van der Waals surface area contributed by atoms with Crippen LogP contribution in [0.4, 0.5) is 23.2 Å². The number of anilines is 1. The van der Waals surface area contributed by atoms with Crippen molar-refractivity contribution < 1.29 is 22.4 Å². The summed E-state index contributed by atoms with van der Waals surface area (Å²) in [5.41, 5.74) is -0.910. The van der Waals surface area contributed by atoms with Gasteiger partial charge in [0.2, 0.25) is 5.91 Å². The van der Waals surface area contributed by atoms with E-state index in [0.29, 0.717) is 11.7 Å². The Balaban J connectivity index is 1.47. The fraction of sp³-hybridized carbons (Fsp3) is 0.682. The molecule has 168 valence electrons. The first-order valence-electron chi connectivity index (χ1n) is 10.8. The first kappa shape index (κ1) is 22.8. The number of benzene rings is 1. The van der Waals surface area contributed by atoms with Gasteiger partial charge in [-0.2, -0.15) is 13.2 Å². The van der Waals surface area contributed by atoms with Gasteiger partial charge in [-0.15, -0.1) is 0 Å². The zero-order valence-electron chi connectivity index (χ0n) is 17.6. The minimum absolute atomic E-state index is 0.00235. The maximum Gasteiger partial charge on any atom is 0.419 e. The molecule has 1 amide bonds. The lowest BCUT2D eigenvalue weighted by atomic mass is 9.85. The van der Waals surface area contributed by atoms with Crippen LogP contribution < -0.4 is 5.32 Å². The summed E-state index contributed by atoms with van der Waals surface area (Å²) < 4.78 is 51.8. The molecule has 0 radical (unpaired) electrons. The monoisotopic (exact) mass is 429 g/mol. The lowest BCUT2D eigenvalue weighted by molar-refractivity contribution is -0.140. The third-order valence-corrected chi connectivity index (χ3v) is 6.56. The van der Waals surface area contributed by atoms with E-state index < -0.39 is 17.6 Å². The number of carbonyl (C=O) groups excluding carboxylic acids is 1. The standard InChI is InChI=1S/C22H31F4N3O/c1-3-15(2)28-10-12-29(13-11-28)21(30)16-4-6-17(7-5-16)27-18-8-9-19(20(23)14-18)22(24,25)26/h8-9,14-17,27H,3-7,10-13H2,1-2H3/t15?,16-,17+. The second kappa shape index (κ2) is 9.54. The third kappa shape index (κ3) is 5.45. The van der Waals surface area contributed by atoms with Gasteiger partial charge in [-0.3, -0.25) is 9.69 Å². The zero-order valence-corrected chi connectivity index (χ0v) is 17.6. The van der Waals surface area contributed by atoms with Crippen LogP contribution in [0.5, 0.6) is 0 Å². The fourth-order valence-electron chi connectivity index (χ4n) is 4.45. The van der Waals surface area contributed by atoms with Gasteiger partial charge in [0.05, 0.1) is 5.56 Å². The SMILES string of the molecule is CCC(C)N1CCN(C(=O)[C@H]2CC[C@@H](Nc3ccc(C(F)(F)F)c(F)c3)CC2)CC1. The number of piperazine rings is 1. The summed E-state index contributed by atoms with van der Waals surface area (Å²) in [6.45, 7) is 7.76. The average Bonchev–Trinajstić information content (AvgIpc) is 2.72. The van der Waals surface area contributed by atoms with E-state index in [1.807, 2.05) is 4.90 Å². The largest absolute Gasteiger partial charge is 0.419 e. The third-order valence-electron chi connectivity index (χ3n) is 6.56. The number of amides is 1. The number of rotatable bonds is 5. The topological polar surface area (TPSA) is 35.6 Å². The highest BCUT2D eigenvalue weighted by Crippen LogP contribution is 2.33. The van der Waals surface area contributed by atoms with E-state index in [1.165, 1.54) is 6.07 Å². The van der Waals surface area contributed by atoms with Gasteiger partial charge in [0.25, 0.3) is 0 Å². The molecule has 1 unspecified atom stereocenters. The molecule has 2 aliphatic rings. The Kier molecular flexibility index (Phi) is 7.26. The van der Waals surface area contributed by atoms with E-state index in [-0.39, 0.29) is 17.9 Å². The normalized spacial score (nSPS) is 24.5. The van der Waals surface area contributed by atoms with E-state index >= 15 is 0 Å². The maximum absolute atomic E-state index is 13.8. The molecule has 0 spiro atoms. The molecule has 1 aliphatic carbocycles. The second-order valence-corrected chi connectivity index (χ2v) is 8.50. The van der Waals surface area contributed by atoms with Gasteiger partial charge in [-0.05, 0) is 57.2 Å². The van der Waals surface area contributed by atoms with Crippen LogP contribution in [0, 0.1) is 11.7 Å². The molecule has 0 bridgehead atoms. The van der Waals surface area contributed by atoms with Crippen LogP contribution in [0.1, 0.15) is 51.5 Å².